The summed E-state index contributed by atoms with van der Waals surface area (Å²) in [5, 5.41) is 3.50. The van der Waals surface area contributed by atoms with Crippen molar-refractivity contribution in [2.24, 2.45) is 11.7 Å². The normalized spacial score (nSPS) is 25.4. The van der Waals surface area contributed by atoms with Crippen molar-refractivity contribution in [1.29, 1.82) is 0 Å². The summed E-state index contributed by atoms with van der Waals surface area (Å²) in [6, 6.07) is 0.276. The molecule has 5 heteroatoms. The summed E-state index contributed by atoms with van der Waals surface area (Å²) in [6.45, 7) is 9.25. The van der Waals surface area contributed by atoms with Crippen LogP contribution in [0.3, 0.4) is 0 Å². The molecule has 2 aliphatic rings. The second-order valence-electron chi connectivity index (χ2n) is 6.84. The van der Waals surface area contributed by atoms with Crippen LogP contribution >= 0.6 is 0 Å². The molecule has 1 aliphatic heterocycles. The highest BCUT2D eigenvalue weighted by Gasteiger charge is 2.50. The van der Waals surface area contributed by atoms with Crippen molar-refractivity contribution in [3.63, 3.8) is 0 Å². The summed E-state index contributed by atoms with van der Waals surface area (Å²) in [5.41, 5.74) is 5.28. The van der Waals surface area contributed by atoms with E-state index in [1.54, 1.807) is 0 Å². The lowest BCUT2D eigenvalue weighted by atomic mass is 9.90. The fourth-order valence-electron chi connectivity index (χ4n) is 3.34. The zero-order valence-corrected chi connectivity index (χ0v) is 13.2. The molecule has 1 aliphatic carbocycles. The van der Waals surface area contributed by atoms with E-state index in [2.05, 4.69) is 36.0 Å². The van der Waals surface area contributed by atoms with Gasteiger partial charge in [-0.3, -0.25) is 15.0 Å². The summed E-state index contributed by atoms with van der Waals surface area (Å²) >= 11 is 0. The number of primary amides is 1. The minimum Gasteiger partial charge on any atom is -0.368 e. The Balaban J connectivity index is 2.08. The number of likely N-dealkylation sites (N-methyl/N-ethyl adjacent to an activating group) is 1. The van der Waals surface area contributed by atoms with Crippen LogP contribution in [0, 0.1) is 5.92 Å². The largest absolute Gasteiger partial charge is 0.368 e. The van der Waals surface area contributed by atoms with E-state index in [1.165, 1.54) is 0 Å². The van der Waals surface area contributed by atoms with Gasteiger partial charge in [-0.1, -0.05) is 0 Å². The van der Waals surface area contributed by atoms with Crippen molar-refractivity contribution in [2.75, 3.05) is 39.8 Å². The van der Waals surface area contributed by atoms with Crippen molar-refractivity contribution in [1.82, 2.24) is 15.1 Å². The van der Waals surface area contributed by atoms with Crippen molar-refractivity contribution in [3.8, 4) is 0 Å². The molecule has 0 bridgehead atoms. The van der Waals surface area contributed by atoms with Crippen LogP contribution in [0.25, 0.3) is 0 Å². The van der Waals surface area contributed by atoms with Gasteiger partial charge in [0.1, 0.15) is 5.54 Å². The van der Waals surface area contributed by atoms with E-state index >= 15 is 0 Å². The maximum Gasteiger partial charge on any atom is 0.239 e. The maximum absolute atomic E-state index is 12.2. The number of nitrogens with zero attached hydrogens (tertiary/aromatic N) is 2. The van der Waals surface area contributed by atoms with Crippen LogP contribution < -0.4 is 11.1 Å². The van der Waals surface area contributed by atoms with Gasteiger partial charge in [0.25, 0.3) is 0 Å². The van der Waals surface area contributed by atoms with Crippen molar-refractivity contribution in [2.45, 2.75) is 44.7 Å². The van der Waals surface area contributed by atoms with Crippen LogP contribution in [0.15, 0.2) is 0 Å². The van der Waals surface area contributed by atoms with Crippen LogP contribution in [0.2, 0.25) is 0 Å². The average Bonchev–Trinajstić information content (AvgIpc) is 3.16. The van der Waals surface area contributed by atoms with Gasteiger partial charge in [0.2, 0.25) is 5.91 Å². The third kappa shape index (κ3) is 3.71. The highest BCUT2D eigenvalue weighted by atomic mass is 16.1. The molecule has 116 valence electrons. The number of amides is 1. The quantitative estimate of drug-likeness (QED) is 0.733. The van der Waals surface area contributed by atoms with Crippen LogP contribution in [-0.2, 0) is 4.79 Å². The van der Waals surface area contributed by atoms with E-state index < -0.39 is 5.54 Å². The first-order valence-electron chi connectivity index (χ1n) is 7.92. The van der Waals surface area contributed by atoms with Gasteiger partial charge in [-0.15, -0.1) is 0 Å². The zero-order chi connectivity index (χ0) is 14.8. The van der Waals surface area contributed by atoms with Crippen LogP contribution in [0.5, 0.6) is 0 Å². The van der Waals surface area contributed by atoms with Crippen molar-refractivity contribution >= 4 is 5.91 Å². The Morgan fingerprint density at radius 1 is 1.30 bits per heavy atom. The van der Waals surface area contributed by atoms with Crippen LogP contribution in [-0.4, -0.2) is 67.1 Å². The lowest BCUT2D eigenvalue weighted by Gasteiger charge is -2.38. The van der Waals surface area contributed by atoms with Crippen molar-refractivity contribution in [3.05, 3.63) is 0 Å². The van der Waals surface area contributed by atoms with Crippen molar-refractivity contribution < 1.29 is 4.79 Å². The minimum atomic E-state index is -0.531. The first-order chi connectivity index (χ1) is 9.44. The lowest BCUT2D eigenvalue weighted by Crippen LogP contribution is -2.65. The van der Waals surface area contributed by atoms with Gasteiger partial charge in [0.05, 0.1) is 0 Å². The number of hydrogen-bond donors (Lipinski definition) is 2. The topological polar surface area (TPSA) is 61.6 Å². The molecule has 0 aromatic rings. The fourth-order valence-corrected chi connectivity index (χ4v) is 3.34. The monoisotopic (exact) mass is 282 g/mol. The SMILES string of the molecule is CC(C)NC(CN1CCCN(C)CC1)(C(N)=O)C1CC1. The molecule has 20 heavy (non-hydrogen) atoms. The first kappa shape index (κ1) is 15.7. The summed E-state index contributed by atoms with van der Waals surface area (Å²) in [6.07, 6.45) is 3.41. The van der Waals surface area contributed by atoms with Gasteiger partial charge >= 0.3 is 0 Å². The van der Waals surface area contributed by atoms with Gasteiger partial charge in [-0.25, -0.2) is 0 Å². The molecule has 5 nitrogen and oxygen atoms in total. The minimum absolute atomic E-state index is 0.175. The second kappa shape index (κ2) is 6.41. The Kier molecular flexibility index (Phi) is 5.04. The standard InChI is InChI=1S/C15H30N4O/c1-12(2)17-15(14(16)20,13-5-6-13)11-19-8-4-7-18(3)9-10-19/h12-13,17H,4-11H2,1-3H3,(H2,16,20). The van der Waals surface area contributed by atoms with E-state index in [4.69, 9.17) is 5.73 Å². The maximum atomic E-state index is 12.2. The molecule has 1 unspecified atom stereocenters. The Labute approximate surface area is 122 Å². The number of carbonyl (C=O) groups excluding carboxylic acids is 1. The predicted octanol–water partition coefficient (Wildman–Crippen LogP) is 0.256. The first-order valence-corrected chi connectivity index (χ1v) is 7.92. The predicted molar refractivity (Wildman–Crippen MR) is 81.5 cm³/mol. The molecule has 1 atom stereocenters. The lowest BCUT2D eigenvalue weighted by molar-refractivity contribution is -0.126. The van der Waals surface area contributed by atoms with Crippen LogP contribution in [0.4, 0.5) is 0 Å². The number of nitrogens with one attached hydrogen (secondary N) is 1. The second-order valence-corrected chi connectivity index (χ2v) is 6.84. The Morgan fingerprint density at radius 3 is 2.55 bits per heavy atom. The van der Waals surface area contributed by atoms with E-state index in [1.807, 2.05) is 0 Å². The van der Waals surface area contributed by atoms with Gasteiger partial charge < -0.3 is 10.6 Å². The number of rotatable bonds is 6. The molecule has 1 heterocycles. The Hall–Kier alpha value is -0.650. The molecule has 2 rings (SSSR count). The third-order valence-electron chi connectivity index (χ3n) is 4.55. The van der Waals surface area contributed by atoms with Gasteiger partial charge in [0.15, 0.2) is 0 Å². The molecule has 0 radical (unpaired) electrons. The fraction of sp³-hybridized carbons (Fsp3) is 0.933. The smallest absolute Gasteiger partial charge is 0.239 e. The van der Waals surface area contributed by atoms with Crippen LogP contribution in [0.1, 0.15) is 33.1 Å². The highest BCUT2D eigenvalue weighted by molar-refractivity contribution is 5.86. The summed E-state index contributed by atoms with van der Waals surface area (Å²) in [4.78, 5) is 17.0. The molecule has 3 N–H and O–H groups in total. The molecule has 1 saturated heterocycles. The van der Waals surface area contributed by atoms with E-state index in [-0.39, 0.29) is 11.9 Å². The van der Waals surface area contributed by atoms with E-state index in [0.29, 0.717) is 5.92 Å². The average molecular weight is 282 g/mol. The zero-order valence-electron chi connectivity index (χ0n) is 13.2. The molecule has 1 amide bonds. The molecular weight excluding hydrogens is 252 g/mol. The van der Waals surface area contributed by atoms with Gasteiger partial charge in [0, 0.05) is 25.7 Å². The number of hydrogen-bond acceptors (Lipinski definition) is 4. The van der Waals surface area contributed by atoms with Gasteiger partial charge in [-0.05, 0) is 59.2 Å². The number of nitrogens with two attached hydrogens (primary N) is 1. The summed E-state index contributed by atoms with van der Waals surface area (Å²) < 4.78 is 0. The van der Waals surface area contributed by atoms with E-state index in [0.717, 1.165) is 52.0 Å². The molecular formula is C15H30N4O. The summed E-state index contributed by atoms with van der Waals surface area (Å²) in [5.74, 6) is 0.245. The molecule has 0 aromatic heterocycles. The van der Waals surface area contributed by atoms with E-state index in [9.17, 15) is 4.79 Å². The van der Waals surface area contributed by atoms with Gasteiger partial charge in [-0.2, -0.15) is 0 Å². The molecule has 0 spiro atoms. The Morgan fingerprint density at radius 2 is 2.00 bits per heavy atom. The number of carbonyl (C=O) groups is 1. The highest BCUT2D eigenvalue weighted by Crippen LogP contribution is 2.40. The third-order valence-corrected chi connectivity index (χ3v) is 4.55. The summed E-state index contributed by atoms with van der Waals surface area (Å²) in [7, 11) is 2.16. The molecule has 2 fully saturated rings. The Bertz CT molecular complexity index is 343. The molecule has 1 saturated carbocycles. The molecule has 0 aromatic carbocycles.